The molecule has 2 nitrogen and oxygen atoms in total. The van der Waals surface area contributed by atoms with Crippen molar-refractivity contribution < 1.29 is 9.90 Å². The van der Waals surface area contributed by atoms with Gasteiger partial charge in [-0.15, -0.1) is 0 Å². The highest BCUT2D eigenvalue weighted by molar-refractivity contribution is 6.56. The lowest BCUT2D eigenvalue weighted by Gasteiger charge is -2.13. The fourth-order valence-electron chi connectivity index (χ4n) is 1.09. The van der Waals surface area contributed by atoms with Crippen LogP contribution in [0.5, 0.6) is 0 Å². The molecular weight excluding hydrogens is 223 g/mol. The normalized spacial score (nSPS) is 11.9. The Bertz CT molecular complexity index is 342. The van der Waals surface area contributed by atoms with Crippen LogP contribution in [0.2, 0.25) is 0 Å². The molecule has 0 aromatic heterocycles. The van der Waals surface area contributed by atoms with Crippen molar-refractivity contribution in [2.45, 2.75) is 5.92 Å². The van der Waals surface area contributed by atoms with Gasteiger partial charge in [-0.05, 0) is 11.6 Å². The van der Waals surface area contributed by atoms with Gasteiger partial charge in [-0.25, -0.2) is 0 Å². The number of hydrogen-bond acceptors (Lipinski definition) is 2. The first-order chi connectivity index (χ1) is 6.61. The van der Waals surface area contributed by atoms with E-state index < -0.39 is 11.9 Å². The predicted molar refractivity (Wildman–Crippen MR) is 54.0 cm³/mol. The molecule has 74 valence electrons. The van der Waals surface area contributed by atoms with Crippen LogP contribution in [-0.4, -0.2) is 5.97 Å². The molecule has 0 aliphatic heterocycles. The zero-order chi connectivity index (χ0) is 10.6. The SMILES string of the molecule is O=C([O-])[C@@H](C=C(Cl)Cl)c1ccccc1. The van der Waals surface area contributed by atoms with E-state index in [2.05, 4.69) is 0 Å². The highest BCUT2D eigenvalue weighted by atomic mass is 35.5. The molecular formula is C10H7Cl2O2-. The van der Waals surface area contributed by atoms with Crippen LogP contribution in [0.3, 0.4) is 0 Å². The zero-order valence-electron chi connectivity index (χ0n) is 7.11. The second-order valence-electron chi connectivity index (χ2n) is 2.66. The molecule has 0 spiro atoms. The van der Waals surface area contributed by atoms with Crippen molar-refractivity contribution in [2.75, 3.05) is 0 Å². The molecule has 14 heavy (non-hydrogen) atoms. The Morgan fingerprint density at radius 3 is 2.29 bits per heavy atom. The van der Waals surface area contributed by atoms with Crippen LogP contribution < -0.4 is 5.11 Å². The van der Waals surface area contributed by atoms with Gasteiger partial charge < -0.3 is 9.90 Å². The summed E-state index contributed by atoms with van der Waals surface area (Å²) in [6.07, 6.45) is 1.23. The van der Waals surface area contributed by atoms with Crippen molar-refractivity contribution in [3.8, 4) is 0 Å². The van der Waals surface area contributed by atoms with Gasteiger partial charge in [0.2, 0.25) is 0 Å². The summed E-state index contributed by atoms with van der Waals surface area (Å²) in [5, 5.41) is 10.8. The Hall–Kier alpha value is -0.990. The Balaban J connectivity index is 3.01. The molecule has 0 radical (unpaired) electrons. The number of aliphatic carboxylic acids is 1. The van der Waals surface area contributed by atoms with E-state index in [1.54, 1.807) is 30.3 Å². The highest BCUT2D eigenvalue weighted by Gasteiger charge is 2.09. The van der Waals surface area contributed by atoms with Crippen LogP contribution >= 0.6 is 23.2 Å². The highest BCUT2D eigenvalue weighted by Crippen LogP contribution is 2.21. The maximum Gasteiger partial charge on any atom is 0.103 e. The minimum atomic E-state index is -1.23. The van der Waals surface area contributed by atoms with Gasteiger partial charge in [0, 0.05) is 5.92 Å². The van der Waals surface area contributed by atoms with Crippen molar-refractivity contribution in [2.24, 2.45) is 0 Å². The molecule has 0 saturated heterocycles. The average Bonchev–Trinajstić information content (AvgIpc) is 2.15. The van der Waals surface area contributed by atoms with E-state index in [1.807, 2.05) is 0 Å². The molecule has 1 rings (SSSR count). The van der Waals surface area contributed by atoms with Crippen LogP contribution in [0.1, 0.15) is 11.5 Å². The molecule has 0 bridgehead atoms. The van der Waals surface area contributed by atoms with Gasteiger partial charge in [0.05, 0.1) is 5.97 Å². The first-order valence-corrected chi connectivity index (χ1v) is 4.65. The lowest BCUT2D eigenvalue weighted by atomic mass is 10.00. The predicted octanol–water partition coefficient (Wildman–Crippen LogP) is 1.84. The van der Waals surface area contributed by atoms with Crippen molar-refractivity contribution >= 4 is 29.2 Å². The van der Waals surface area contributed by atoms with Crippen molar-refractivity contribution in [3.05, 3.63) is 46.5 Å². The van der Waals surface area contributed by atoms with Gasteiger partial charge in [-0.3, -0.25) is 0 Å². The Labute approximate surface area is 91.8 Å². The third-order valence-electron chi connectivity index (χ3n) is 1.71. The molecule has 1 atom stereocenters. The summed E-state index contributed by atoms with van der Waals surface area (Å²) in [5.74, 6) is -2.13. The number of rotatable bonds is 3. The molecule has 0 saturated carbocycles. The molecule has 1 aromatic carbocycles. The minimum Gasteiger partial charge on any atom is -0.549 e. The van der Waals surface area contributed by atoms with E-state index in [-0.39, 0.29) is 4.49 Å². The van der Waals surface area contributed by atoms with Crippen LogP contribution in [-0.2, 0) is 4.79 Å². The Kier molecular flexibility index (Phi) is 3.98. The van der Waals surface area contributed by atoms with E-state index in [0.717, 1.165) is 0 Å². The number of carboxylic acid groups (broad SMARTS) is 1. The number of hydrogen-bond donors (Lipinski definition) is 0. The molecule has 0 N–H and O–H groups in total. The number of carbonyl (C=O) groups is 1. The number of halogens is 2. The molecule has 0 fully saturated rings. The van der Waals surface area contributed by atoms with Gasteiger partial charge in [0.15, 0.2) is 0 Å². The van der Waals surface area contributed by atoms with Gasteiger partial charge in [-0.2, -0.15) is 0 Å². The summed E-state index contributed by atoms with van der Waals surface area (Å²) >= 11 is 10.8. The monoisotopic (exact) mass is 229 g/mol. The van der Waals surface area contributed by atoms with Crippen LogP contribution in [0, 0.1) is 0 Å². The maximum atomic E-state index is 10.8. The van der Waals surface area contributed by atoms with E-state index in [1.165, 1.54) is 6.08 Å². The van der Waals surface area contributed by atoms with Crippen molar-refractivity contribution in [1.82, 2.24) is 0 Å². The molecule has 1 aromatic rings. The summed E-state index contributed by atoms with van der Waals surface area (Å²) in [6, 6.07) is 8.62. The largest absolute Gasteiger partial charge is 0.549 e. The number of benzene rings is 1. The molecule has 0 aliphatic carbocycles. The first-order valence-electron chi connectivity index (χ1n) is 3.90. The van der Waals surface area contributed by atoms with E-state index in [4.69, 9.17) is 23.2 Å². The van der Waals surface area contributed by atoms with Crippen LogP contribution in [0.15, 0.2) is 40.9 Å². The lowest BCUT2D eigenvalue weighted by molar-refractivity contribution is -0.306. The Morgan fingerprint density at radius 1 is 1.29 bits per heavy atom. The lowest BCUT2D eigenvalue weighted by Crippen LogP contribution is -2.28. The topological polar surface area (TPSA) is 40.1 Å². The first kappa shape index (κ1) is 11.1. The molecule has 0 heterocycles. The molecule has 0 amide bonds. The fraction of sp³-hybridized carbons (Fsp3) is 0.100. The van der Waals surface area contributed by atoms with E-state index in [9.17, 15) is 9.90 Å². The number of carbonyl (C=O) groups excluding carboxylic acids is 1. The van der Waals surface area contributed by atoms with E-state index in [0.29, 0.717) is 5.56 Å². The quantitative estimate of drug-likeness (QED) is 0.794. The second kappa shape index (κ2) is 5.03. The minimum absolute atomic E-state index is 0.0805. The van der Waals surface area contributed by atoms with Gasteiger partial charge in [-0.1, -0.05) is 53.5 Å². The fourth-order valence-corrected chi connectivity index (χ4v) is 1.34. The molecule has 0 unspecified atom stereocenters. The van der Waals surface area contributed by atoms with E-state index >= 15 is 0 Å². The average molecular weight is 230 g/mol. The third kappa shape index (κ3) is 3.05. The Morgan fingerprint density at radius 2 is 1.86 bits per heavy atom. The maximum absolute atomic E-state index is 10.8. The van der Waals surface area contributed by atoms with Gasteiger partial charge in [0.1, 0.15) is 4.49 Å². The summed E-state index contributed by atoms with van der Waals surface area (Å²) < 4.78 is -0.0805. The second-order valence-corrected chi connectivity index (χ2v) is 3.67. The molecule has 0 aliphatic rings. The summed E-state index contributed by atoms with van der Waals surface area (Å²) in [4.78, 5) is 10.8. The van der Waals surface area contributed by atoms with Gasteiger partial charge in [0.25, 0.3) is 0 Å². The number of carboxylic acids is 1. The summed E-state index contributed by atoms with van der Waals surface area (Å²) in [6.45, 7) is 0. The van der Waals surface area contributed by atoms with Crippen LogP contribution in [0.4, 0.5) is 0 Å². The standard InChI is InChI=1S/C10H8Cl2O2/c11-9(12)6-8(10(13)14)7-4-2-1-3-5-7/h1-6,8H,(H,13,14)/p-1/t8-/m0/s1. The van der Waals surface area contributed by atoms with Crippen LogP contribution in [0.25, 0.3) is 0 Å². The molecule has 4 heteroatoms. The third-order valence-corrected chi connectivity index (χ3v) is 1.96. The zero-order valence-corrected chi connectivity index (χ0v) is 8.63. The summed E-state index contributed by atoms with van der Waals surface area (Å²) in [5.41, 5.74) is 0.589. The van der Waals surface area contributed by atoms with Crippen molar-refractivity contribution in [1.29, 1.82) is 0 Å². The van der Waals surface area contributed by atoms with Crippen molar-refractivity contribution in [3.63, 3.8) is 0 Å². The van der Waals surface area contributed by atoms with Gasteiger partial charge >= 0.3 is 0 Å². The summed E-state index contributed by atoms with van der Waals surface area (Å²) in [7, 11) is 0. The smallest absolute Gasteiger partial charge is 0.103 e.